The molecule has 4 N–H and O–H groups in total. The van der Waals surface area contributed by atoms with Gasteiger partial charge in [-0.05, 0) is 25.0 Å². The van der Waals surface area contributed by atoms with Crippen LogP contribution in [0.4, 0.5) is 0 Å². The van der Waals surface area contributed by atoms with Crippen LogP contribution in [0.25, 0.3) is 0 Å². The Hall–Kier alpha value is -2.16. The summed E-state index contributed by atoms with van der Waals surface area (Å²) in [6.07, 6.45) is 4.96. The van der Waals surface area contributed by atoms with Crippen LogP contribution in [0.15, 0.2) is 22.4 Å². The zero-order valence-electron chi connectivity index (χ0n) is 18.9. The van der Waals surface area contributed by atoms with E-state index in [-0.39, 0.29) is 46.7 Å². The van der Waals surface area contributed by atoms with E-state index in [1.165, 1.54) is 38.7 Å². The molecule has 0 aliphatic heterocycles. The normalized spacial score (nSPS) is 12.2. The molecule has 0 atom stereocenters. The summed E-state index contributed by atoms with van der Waals surface area (Å²) in [7, 11) is -9.50. The van der Waals surface area contributed by atoms with E-state index in [0.717, 1.165) is 17.4 Å². The average molecular weight is 583 g/mol. The molecule has 0 aromatic carbocycles. The van der Waals surface area contributed by atoms with Crippen molar-refractivity contribution in [1.29, 1.82) is 0 Å². The predicted octanol–water partition coefficient (Wildman–Crippen LogP) is -0.124. The first-order valence-corrected chi connectivity index (χ1v) is 13.3. The van der Waals surface area contributed by atoms with Gasteiger partial charge in [-0.1, -0.05) is 11.5 Å². The SMILES string of the molecule is Cc1ncc(COP(=O)(O)O)c(C=NCCN=Cc2c(COP(=O)(O)O)cnc(C)c2[O-])c1[O-].[O]=[V+2]. The number of aliphatic imine (C=N–C) groups is 2. The maximum absolute atomic E-state index is 12.3. The fourth-order valence-electron chi connectivity index (χ4n) is 2.53. The number of pyridine rings is 2. The van der Waals surface area contributed by atoms with Crippen molar-refractivity contribution >= 4 is 28.1 Å². The van der Waals surface area contributed by atoms with Gasteiger partial charge >= 0.3 is 36.7 Å². The van der Waals surface area contributed by atoms with Crippen LogP contribution in [0.3, 0.4) is 0 Å². The fraction of sp³-hybridized carbons (Fsp3) is 0.333. The fourth-order valence-corrected chi connectivity index (χ4v) is 3.15. The molecule has 0 radical (unpaired) electrons. The van der Waals surface area contributed by atoms with Gasteiger partial charge in [0.15, 0.2) is 0 Å². The summed E-state index contributed by atoms with van der Waals surface area (Å²) >= 11 is 1.06. The molecule has 2 aromatic rings. The molecule has 0 saturated carbocycles. The van der Waals surface area contributed by atoms with Crippen LogP contribution in [0.1, 0.15) is 33.6 Å². The monoisotopic (exact) mass is 583 g/mol. The van der Waals surface area contributed by atoms with Crippen molar-refractivity contribution in [1.82, 2.24) is 9.97 Å². The zero-order chi connectivity index (χ0) is 27.5. The molecule has 0 spiro atoms. The number of aromatic nitrogens is 2. The third-order valence-corrected chi connectivity index (χ3v) is 5.17. The molecule has 15 nitrogen and oxygen atoms in total. The molecule has 2 heterocycles. The summed E-state index contributed by atoms with van der Waals surface area (Å²) in [6.45, 7) is 2.04. The molecule has 0 unspecified atom stereocenters. The third kappa shape index (κ3) is 10.8. The second-order valence-electron chi connectivity index (χ2n) is 6.82. The molecule has 2 aromatic heterocycles. The molecule has 0 aliphatic carbocycles. The van der Waals surface area contributed by atoms with Crippen LogP contribution in [0, 0.1) is 13.8 Å². The van der Waals surface area contributed by atoms with Crippen molar-refractivity contribution in [3.05, 3.63) is 46.0 Å². The number of phosphoric ester groups is 2. The minimum absolute atomic E-state index is 0.0633. The van der Waals surface area contributed by atoms with Crippen molar-refractivity contribution in [3.8, 4) is 11.5 Å². The number of rotatable bonds is 11. The summed E-state index contributed by atoms with van der Waals surface area (Å²) in [6, 6.07) is 0. The predicted molar refractivity (Wildman–Crippen MR) is 116 cm³/mol. The summed E-state index contributed by atoms with van der Waals surface area (Å²) in [4.78, 5) is 51.3. The Bertz CT molecular complexity index is 1110. The van der Waals surface area contributed by atoms with Gasteiger partial charge in [0, 0.05) is 47.3 Å². The molecule has 0 fully saturated rings. The molecular formula is C18H22N4O11P2V. The number of hydrogen-bond donors (Lipinski definition) is 4. The Morgan fingerprint density at radius 3 is 1.47 bits per heavy atom. The summed E-state index contributed by atoms with van der Waals surface area (Å²) in [5, 5.41) is 24.6. The van der Waals surface area contributed by atoms with Gasteiger partial charge in [-0.25, -0.2) is 9.13 Å². The molecule has 0 amide bonds. The van der Waals surface area contributed by atoms with Gasteiger partial charge in [-0.15, -0.1) is 0 Å². The molecular weight excluding hydrogens is 561 g/mol. The zero-order valence-corrected chi connectivity index (χ0v) is 22.1. The van der Waals surface area contributed by atoms with Crippen LogP contribution in [0.2, 0.25) is 0 Å². The number of nitrogens with zero attached hydrogens (tertiary/aromatic N) is 4. The second-order valence-corrected chi connectivity index (χ2v) is 9.30. The Morgan fingerprint density at radius 2 is 1.17 bits per heavy atom. The van der Waals surface area contributed by atoms with E-state index in [0.29, 0.717) is 0 Å². The standard InChI is InChI=1S/C18H24N4O10P2.O.V/c1-11-17(23)15(13(5-21-11)9-31-33(25,26)27)7-19-3-4-20-8-16-14(10-32-34(28,29)30)6-22-12(2)18(16)24;;/h5-8,23-24H,3-4,9-10H2,1-2H3,(H2,25,26,27)(H2,28,29,30);;/q;;+2/p-2. The van der Waals surface area contributed by atoms with Crippen LogP contribution in [0.5, 0.6) is 11.5 Å². The van der Waals surface area contributed by atoms with Gasteiger partial charge in [0.1, 0.15) is 0 Å². The van der Waals surface area contributed by atoms with Gasteiger partial charge in [0.05, 0.1) is 26.3 Å². The van der Waals surface area contributed by atoms with Gasteiger partial charge in [-0.2, -0.15) is 0 Å². The molecule has 0 bridgehead atoms. The van der Waals surface area contributed by atoms with Crippen molar-refractivity contribution in [2.24, 2.45) is 9.98 Å². The van der Waals surface area contributed by atoms with Crippen LogP contribution in [-0.4, -0.2) is 55.1 Å². The molecule has 36 heavy (non-hydrogen) atoms. The van der Waals surface area contributed by atoms with E-state index >= 15 is 0 Å². The Kier molecular flexibility index (Phi) is 12.9. The van der Waals surface area contributed by atoms with E-state index < -0.39 is 40.4 Å². The van der Waals surface area contributed by atoms with Gasteiger partial charge in [0.2, 0.25) is 0 Å². The summed E-state index contributed by atoms with van der Waals surface area (Å²) in [5.41, 5.74) is 0.746. The Labute approximate surface area is 214 Å². The topological polar surface area (TPSA) is 247 Å². The molecule has 195 valence electrons. The Balaban J connectivity index is 0.00000316. The summed E-state index contributed by atoms with van der Waals surface area (Å²) in [5.74, 6) is -0.950. The van der Waals surface area contributed by atoms with Gasteiger partial charge < -0.3 is 29.8 Å². The third-order valence-electron chi connectivity index (χ3n) is 4.24. The van der Waals surface area contributed by atoms with Crippen molar-refractivity contribution in [2.75, 3.05) is 13.1 Å². The minimum atomic E-state index is -4.75. The van der Waals surface area contributed by atoms with E-state index in [4.69, 9.17) is 23.2 Å². The maximum atomic E-state index is 12.3. The second kappa shape index (κ2) is 14.6. The molecule has 0 saturated heterocycles. The molecule has 0 aliphatic rings. The van der Waals surface area contributed by atoms with Gasteiger partial charge in [0.25, 0.3) is 0 Å². The van der Waals surface area contributed by atoms with E-state index in [1.54, 1.807) is 0 Å². The van der Waals surface area contributed by atoms with Crippen LogP contribution < -0.4 is 10.2 Å². The first-order chi connectivity index (χ1) is 16.8. The molecule has 2 rings (SSSR count). The average Bonchev–Trinajstić information content (AvgIpc) is 2.80. The van der Waals surface area contributed by atoms with Crippen LogP contribution >= 0.6 is 15.6 Å². The van der Waals surface area contributed by atoms with Crippen molar-refractivity contribution < 1.29 is 69.0 Å². The number of aryl methyl sites for hydroxylation is 2. The molecule has 18 heteroatoms. The van der Waals surface area contributed by atoms with Crippen molar-refractivity contribution in [2.45, 2.75) is 27.1 Å². The Morgan fingerprint density at radius 1 is 0.833 bits per heavy atom. The number of phosphoric acid groups is 2. The first-order valence-electron chi connectivity index (χ1n) is 9.67. The van der Waals surface area contributed by atoms with Crippen molar-refractivity contribution in [3.63, 3.8) is 0 Å². The number of hydrogen-bond acceptors (Lipinski definition) is 11. The quantitative estimate of drug-likeness (QED) is 0.153. The van der Waals surface area contributed by atoms with E-state index in [1.807, 2.05) is 0 Å². The first kappa shape index (κ1) is 31.9. The van der Waals surface area contributed by atoms with Crippen LogP contribution in [-0.2, 0) is 52.4 Å². The van der Waals surface area contributed by atoms with E-state index in [9.17, 15) is 19.3 Å². The van der Waals surface area contributed by atoms with E-state index in [2.05, 4.69) is 29.0 Å². The van der Waals surface area contributed by atoms with Gasteiger partial charge in [-0.3, -0.25) is 29.0 Å². The summed E-state index contributed by atoms with van der Waals surface area (Å²) < 4.78 is 38.9.